The summed E-state index contributed by atoms with van der Waals surface area (Å²) in [6, 6.07) is 0.393. The zero-order chi connectivity index (χ0) is 10.9. The van der Waals surface area contributed by atoms with Gasteiger partial charge in [0.05, 0.1) is 15.0 Å². The zero-order valence-corrected chi connectivity index (χ0v) is 11.4. The molecule has 3 heteroatoms. The Hall–Kier alpha value is -0.320. The van der Waals surface area contributed by atoms with E-state index in [0.29, 0.717) is 12.0 Å². The maximum atomic E-state index is 4.62. The van der Waals surface area contributed by atoms with Crippen molar-refractivity contribution in [3.63, 3.8) is 0 Å². The smallest absolute Gasteiger partial charge is 0.0789 e. The number of hydrogen-bond donors (Lipinski definition) is 0. The summed E-state index contributed by atoms with van der Waals surface area (Å²) in [5, 5.41) is 4.62. The van der Waals surface area contributed by atoms with E-state index in [-0.39, 0.29) is 0 Å². The van der Waals surface area contributed by atoms with Crippen molar-refractivity contribution in [2.75, 3.05) is 0 Å². The molecule has 0 spiro atoms. The summed E-state index contributed by atoms with van der Waals surface area (Å²) < 4.78 is 3.28. The van der Waals surface area contributed by atoms with Crippen molar-refractivity contribution in [3.8, 4) is 0 Å². The molecule has 0 atom stereocenters. The highest BCUT2D eigenvalue weighted by Gasteiger charge is 2.16. The van der Waals surface area contributed by atoms with Crippen LogP contribution in [0.3, 0.4) is 0 Å². The first-order chi connectivity index (χ1) is 6.49. The van der Waals surface area contributed by atoms with Crippen LogP contribution < -0.4 is 0 Å². The van der Waals surface area contributed by atoms with Crippen LogP contribution in [-0.4, -0.2) is 9.78 Å². The van der Waals surface area contributed by atoms with Crippen molar-refractivity contribution in [3.05, 3.63) is 21.5 Å². The van der Waals surface area contributed by atoms with E-state index in [9.17, 15) is 0 Å². The van der Waals surface area contributed by atoms with Crippen LogP contribution in [0.2, 0.25) is 0 Å². The first-order valence-corrected chi connectivity index (χ1v) is 5.97. The van der Waals surface area contributed by atoms with Crippen LogP contribution in [0.15, 0.2) is 6.58 Å². The molecule has 0 aliphatic heterocycles. The van der Waals surface area contributed by atoms with Gasteiger partial charge >= 0.3 is 0 Å². The molecule has 0 bridgehead atoms. The summed E-state index contributed by atoms with van der Waals surface area (Å²) in [7, 11) is 0. The zero-order valence-electron chi connectivity index (χ0n) is 9.21. The van der Waals surface area contributed by atoms with E-state index < -0.39 is 0 Å². The highest BCUT2D eigenvalue weighted by atomic mass is 127. The second kappa shape index (κ2) is 4.47. The summed E-state index contributed by atoms with van der Waals surface area (Å²) in [5.74, 6) is 0.473. The molecule has 0 unspecified atom stereocenters. The van der Waals surface area contributed by atoms with Crippen LogP contribution in [0.5, 0.6) is 0 Å². The van der Waals surface area contributed by atoms with Gasteiger partial charge in [-0.25, -0.2) is 0 Å². The third-order valence-electron chi connectivity index (χ3n) is 2.14. The summed E-state index contributed by atoms with van der Waals surface area (Å²) in [6.45, 7) is 12.5. The Bertz CT molecular complexity index is 337. The summed E-state index contributed by atoms with van der Waals surface area (Å²) >= 11 is 2.36. The molecule has 0 N–H and O–H groups in total. The van der Waals surface area contributed by atoms with E-state index in [0.717, 1.165) is 5.69 Å². The molecule has 0 fully saturated rings. The quantitative estimate of drug-likeness (QED) is 0.776. The number of rotatable bonds is 3. The third-order valence-corrected chi connectivity index (χ3v) is 3.25. The lowest BCUT2D eigenvalue weighted by atomic mass is 10.1. The van der Waals surface area contributed by atoms with Crippen molar-refractivity contribution in [1.82, 2.24) is 9.78 Å². The van der Waals surface area contributed by atoms with Crippen molar-refractivity contribution >= 4 is 28.7 Å². The largest absolute Gasteiger partial charge is 0.262 e. The fourth-order valence-electron chi connectivity index (χ4n) is 1.39. The van der Waals surface area contributed by atoms with Gasteiger partial charge in [0.1, 0.15) is 0 Å². The molecule has 1 aromatic heterocycles. The molecule has 1 rings (SSSR count). The number of halogens is 1. The normalized spacial score (nSPS) is 11.4. The van der Waals surface area contributed by atoms with Gasteiger partial charge in [-0.2, -0.15) is 5.10 Å². The first kappa shape index (κ1) is 11.8. The molecule has 0 radical (unpaired) electrons. The number of nitrogens with zero attached hydrogens (tertiary/aromatic N) is 2. The first-order valence-electron chi connectivity index (χ1n) is 4.89. The minimum absolute atomic E-state index is 0.393. The molecule has 1 heterocycles. The van der Waals surface area contributed by atoms with Gasteiger partial charge in [-0.1, -0.05) is 20.4 Å². The van der Waals surface area contributed by atoms with Gasteiger partial charge < -0.3 is 0 Å². The van der Waals surface area contributed by atoms with E-state index in [4.69, 9.17) is 0 Å². The summed E-state index contributed by atoms with van der Waals surface area (Å²) in [5.41, 5.74) is 2.32. The molecule has 0 aromatic carbocycles. The SMILES string of the molecule is C=Cc1c(I)c(C(C)C)nn1C(C)C. The molecular formula is C11H17IN2. The summed E-state index contributed by atoms with van der Waals surface area (Å²) in [6.07, 6.45) is 1.89. The molecule has 14 heavy (non-hydrogen) atoms. The molecule has 2 nitrogen and oxygen atoms in total. The summed E-state index contributed by atoms with van der Waals surface area (Å²) in [4.78, 5) is 0. The Morgan fingerprint density at radius 1 is 1.36 bits per heavy atom. The van der Waals surface area contributed by atoms with Crippen LogP contribution in [0.25, 0.3) is 6.08 Å². The van der Waals surface area contributed by atoms with Crippen LogP contribution in [0, 0.1) is 3.57 Å². The van der Waals surface area contributed by atoms with Gasteiger partial charge in [0.25, 0.3) is 0 Å². The van der Waals surface area contributed by atoms with E-state index in [1.807, 2.05) is 10.8 Å². The highest BCUT2D eigenvalue weighted by molar-refractivity contribution is 14.1. The molecule has 0 aliphatic carbocycles. The monoisotopic (exact) mass is 304 g/mol. The van der Waals surface area contributed by atoms with Gasteiger partial charge in [0.15, 0.2) is 0 Å². The average molecular weight is 304 g/mol. The molecule has 78 valence electrons. The van der Waals surface area contributed by atoms with Gasteiger partial charge in [-0.3, -0.25) is 4.68 Å². The maximum absolute atomic E-state index is 4.62. The van der Waals surface area contributed by atoms with Crippen molar-refractivity contribution < 1.29 is 0 Å². The molecular weight excluding hydrogens is 287 g/mol. The Kier molecular flexibility index (Phi) is 3.75. The van der Waals surface area contributed by atoms with Crippen molar-refractivity contribution in [2.24, 2.45) is 0 Å². The minimum atomic E-state index is 0.393. The molecule has 0 saturated heterocycles. The lowest BCUT2D eigenvalue weighted by Crippen LogP contribution is -2.05. The Labute approximate surface area is 99.5 Å². The van der Waals surface area contributed by atoms with E-state index in [1.165, 1.54) is 9.26 Å². The molecule has 1 aromatic rings. The van der Waals surface area contributed by atoms with Crippen molar-refractivity contribution in [1.29, 1.82) is 0 Å². The van der Waals surface area contributed by atoms with Gasteiger partial charge in [0, 0.05) is 6.04 Å². The maximum Gasteiger partial charge on any atom is 0.0789 e. The molecule has 0 amide bonds. The van der Waals surface area contributed by atoms with E-state index in [1.54, 1.807) is 0 Å². The molecule has 0 aliphatic rings. The van der Waals surface area contributed by atoms with E-state index in [2.05, 4.69) is 62.0 Å². The van der Waals surface area contributed by atoms with Gasteiger partial charge in [-0.15, -0.1) is 0 Å². The number of aromatic nitrogens is 2. The van der Waals surface area contributed by atoms with Gasteiger partial charge in [-0.05, 0) is 48.4 Å². The highest BCUT2D eigenvalue weighted by Crippen LogP contribution is 2.26. The second-order valence-electron chi connectivity index (χ2n) is 3.98. The lowest BCUT2D eigenvalue weighted by molar-refractivity contribution is 0.519. The predicted molar refractivity (Wildman–Crippen MR) is 69.5 cm³/mol. The Morgan fingerprint density at radius 3 is 2.21 bits per heavy atom. The van der Waals surface area contributed by atoms with Crippen LogP contribution >= 0.6 is 22.6 Å². The van der Waals surface area contributed by atoms with E-state index >= 15 is 0 Å². The van der Waals surface area contributed by atoms with Gasteiger partial charge in [0.2, 0.25) is 0 Å². The van der Waals surface area contributed by atoms with Crippen molar-refractivity contribution in [2.45, 2.75) is 39.7 Å². The standard InChI is InChI=1S/C11H17IN2/c1-6-9-10(12)11(7(2)3)13-14(9)8(4)5/h6-8H,1H2,2-5H3. The Balaban J connectivity index is 3.31. The van der Waals surface area contributed by atoms with Crippen LogP contribution in [-0.2, 0) is 0 Å². The fraction of sp³-hybridized carbons (Fsp3) is 0.545. The lowest BCUT2D eigenvalue weighted by Gasteiger charge is -2.07. The predicted octanol–water partition coefficient (Wildman–Crippen LogP) is 3.84. The molecule has 0 saturated carbocycles. The average Bonchev–Trinajstić information content (AvgIpc) is 2.42. The second-order valence-corrected chi connectivity index (χ2v) is 5.06. The fourth-order valence-corrected chi connectivity index (χ4v) is 2.59. The Morgan fingerprint density at radius 2 is 1.93 bits per heavy atom. The van der Waals surface area contributed by atoms with Crippen LogP contribution in [0.4, 0.5) is 0 Å². The number of hydrogen-bond acceptors (Lipinski definition) is 1. The van der Waals surface area contributed by atoms with Crippen LogP contribution in [0.1, 0.15) is 51.0 Å². The minimum Gasteiger partial charge on any atom is -0.262 e. The third kappa shape index (κ3) is 2.02. The topological polar surface area (TPSA) is 17.8 Å².